The number of phenols is 1. The summed E-state index contributed by atoms with van der Waals surface area (Å²) in [5.74, 6) is -0.923. The van der Waals surface area contributed by atoms with Crippen LogP contribution in [0.3, 0.4) is 0 Å². The summed E-state index contributed by atoms with van der Waals surface area (Å²) in [6, 6.07) is 13.2. The molecule has 0 fully saturated rings. The summed E-state index contributed by atoms with van der Waals surface area (Å²) < 4.78 is 4.30. The Morgan fingerprint density at radius 3 is 2.47 bits per heavy atom. The van der Waals surface area contributed by atoms with Crippen molar-refractivity contribution in [3.05, 3.63) is 113 Å². The molecule has 8 nitrogen and oxygen atoms in total. The van der Waals surface area contributed by atoms with Gasteiger partial charge in [-0.15, -0.1) is 0 Å². The van der Waals surface area contributed by atoms with Gasteiger partial charge in [0.05, 0.1) is 21.9 Å². The molecular weight excluding hydrogens is 573 g/mol. The molecule has 0 spiro atoms. The minimum absolute atomic E-state index is 0.128. The van der Waals surface area contributed by atoms with Crippen molar-refractivity contribution in [3.8, 4) is 11.4 Å². The monoisotopic (exact) mass is 593 g/mol. The minimum atomic E-state index is -0.609. The number of halogens is 1. The maximum absolute atomic E-state index is 13.7. The number of carbonyl (C=O) groups is 2. The maximum Gasteiger partial charge on any atom is 0.352 e. The lowest BCUT2D eigenvalue weighted by Gasteiger charge is -2.39. The Kier molecular flexibility index (Phi) is 5.15. The molecule has 0 amide bonds. The summed E-state index contributed by atoms with van der Waals surface area (Å²) in [6.45, 7) is 1.92. The van der Waals surface area contributed by atoms with Crippen LogP contribution in [-0.4, -0.2) is 30.6 Å². The average Bonchev–Trinajstić information content (AvgIpc) is 3.13. The second kappa shape index (κ2) is 8.16. The number of nitrogens with zero attached hydrogens (tertiary/aromatic N) is 3. The zero-order chi connectivity index (χ0) is 25.3. The van der Waals surface area contributed by atoms with Gasteiger partial charge >= 0.3 is 11.4 Å². The van der Waals surface area contributed by atoms with E-state index >= 15 is 0 Å². The number of rotatable bonds is 2. The Bertz CT molecular complexity index is 1700. The van der Waals surface area contributed by atoms with Gasteiger partial charge in [-0.05, 0) is 64.4 Å². The molecule has 2 aromatic carbocycles. The van der Waals surface area contributed by atoms with E-state index in [9.17, 15) is 24.3 Å². The highest BCUT2D eigenvalue weighted by Gasteiger charge is 2.45. The maximum atomic E-state index is 13.7. The number of fused-ring (bicyclic) bond motifs is 3. The number of aromatic nitrogens is 3. The molecule has 180 valence electrons. The van der Waals surface area contributed by atoms with Crippen LogP contribution in [0.15, 0.2) is 90.6 Å². The van der Waals surface area contributed by atoms with E-state index in [-0.39, 0.29) is 30.3 Å². The molecule has 2 atom stereocenters. The molecule has 1 N–H and O–H groups in total. The van der Waals surface area contributed by atoms with E-state index in [0.717, 1.165) is 15.7 Å². The number of Topliss-reactive ketones (excluding diaryl/α,β-unsaturated/α-hetero) is 1. The smallest absolute Gasteiger partial charge is 0.352 e. The van der Waals surface area contributed by atoms with Gasteiger partial charge in [0.2, 0.25) is 0 Å². The molecule has 3 aromatic rings. The second-order valence-electron chi connectivity index (χ2n) is 9.14. The second-order valence-corrected chi connectivity index (χ2v) is 10.3. The third-order valence-corrected chi connectivity index (χ3v) is 7.97. The molecule has 0 saturated carbocycles. The molecule has 1 aromatic heterocycles. The SMILES string of the molecule is Cc1cc(C2C3=CCn4c(=O)n(-c5ccccc5)c(=O)n4C3CC3=C2C(=O)C(I)=CC3=O)ccc1O. The van der Waals surface area contributed by atoms with Crippen LogP contribution in [0.2, 0.25) is 0 Å². The first-order valence-corrected chi connectivity index (χ1v) is 12.5. The summed E-state index contributed by atoms with van der Waals surface area (Å²) in [7, 11) is 0. The highest BCUT2D eigenvalue weighted by molar-refractivity contribution is 14.1. The van der Waals surface area contributed by atoms with E-state index in [2.05, 4.69) is 0 Å². The molecule has 9 heteroatoms. The highest BCUT2D eigenvalue weighted by Crippen LogP contribution is 2.50. The Hall–Kier alpha value is -3.73. The summed E-state index contributed by atoms with van der Waals surface area (Å²) in [5, 5.41) is 10.1. The van der Waals surface area contributed by atoms with E-state index in [1.807, 2.05) is 34.7 Å². The van der Waals surface area contributed by atoms with Crippen molar-refractivity contribution < 1.29 is 14.7 Å². The third kappa shape index (κ3) is 3.18. The number of carbonyl (C=O) groups excluding carboxylic acids is 2. The number of ketones is 2. The summed E-state index contributed by atoms with van der Waals surface area (Å²) in [5.41, 5.74) is 2.45. The molecule has 0 bridgehead atoms. The molecule has 36 heavy (non-hydrogen) atoms. The minimum Gasteiger partial charge on any atom is -0.508 e. The zero-order valence-electron chi connectivity index (χ0n) is 19.1. The van der Waals surface area contributed by atoms with Gasteiger partial charge in [0.1, 0.15) is 5.75 Å². The van der Waals surface area contributed by atoms with E-state index in [4.69, 9.17) is 0 Å². The molecule has 3 aliphatic rings. The van der Waals surface area contributed by atoms with Gasteiger partial charge in [-0.25, -0.2) is 23.5 Å². The standard InChI is InChI=1S/C27H20IN3O5/c1-14-11-15(7-8-21(14)32)23-17-9-10-29-26(35)30(16-5-3-2-4-6-16)27(36)31(29)20(17)12-18-22(33)13-19(28)25(34)24(18)23/h2-9,11,13,20,23,32H,10,12H2,1H3. The summed E-state index contributed by atoms with van der Waals surface area (Å²) >= 11 is 1.89. The Morgan fingerprint density at radius 2 is 1.75 bits per heavy atom. The average molecular weight is 593 g/mol. The fourth-order valence-corrected chi connectivity index (χ4v) is 6.08. The van der Waals surface area contributed by atoms with Crippen molar-refractivity contribution in [1.29, 1.82) is 0 Å². The van der Waals surface area contributed by atoms with Gasteiger partial charge in [-0.3, -0.25) is 9.59 Å². The Labute approximate surface area is 218 Å². The van der Waals surface area contributed by atoms with Gasteiger partial charge in [-0.1, -0.05) is 36.4 Å². The van der Waals surface area contributed by atoms with E-state index in [0.29, 0.717) is 26.0 Å². The Morgan fingerprint density at radius 1 is 1.00 bits per heavy atom. The largest absolute Gasteiger partial charge is 0.508 e. The normalized spacial score (nSPS) is 20.9. The predicted octanol–water partition coefficient (Wildman–Crippen LogP) is 3.25. The molecule has 6 rings (SSSR count). The first-order valence-electron chi connectivity index (χ1n) is 11.5. The lowest BCUT2D eigenvalue weighted by Crippen LogP contribution is -2.40. The topological polar surface area (TPSA) is 103 Å². The van der Waals surface area contributed by atoms with Crippen molar-refractivity contribution in [2.75, 3.05) is 0 Å². The van der Waals surface area contributed by atoms with Crippen LogP contribution in [-0.2, 0) is 16.1 Å². The van der Waals surface area contributed by atoms with Crippen LogP contribution >= 0.6 is 22.6 Å². The van der Waals surface area contributed by atoms with Gasteiger partial charge in [0.15, 0.2) is 11.6 Å². The van der Waals surface area contributed by atoms with E-state index < -0.39 is 23.3 Å². The first kappa shape index (κ1) is 22.7. The van der Waals surface area contributed by atoms with Crippen LogP contribution in [0.25, 0.3) is 5.69 Å². The fourth-order valence-electron chi connectivity index (χ4n) is 5.50. The van der Waals surface area contributed by atoms with E-state index in [1.54, 1.807) is 49.4 Å². The quantitative estimate of drug-likeness (QED) is 0.279. The van der Waals surface area contributed by atoms with Gasteiger partial charge < -0.3 is 5.11 Å². The number of hydrogen-bond acceptors (Lipinski definition) is 5. The summed E-state index contributed by atoms with van der Waals surface area (Å²) in [6.07, 6.45) is 3.36. The molecule has 1 aliphatic heterocycles. The number of aromatic hydroxyl groups is 1. The van der Waals surface area contributed by atoms with Crippen LogP contribution in [0.4, 0.5) is 0 Å². The van der Waals surface area contributed by atoms with Crippen LogP contribution in [0, 0.1) is 6.92 Å². The van der Waals surface area contributed by atoms with Gasteiger partial charge in [0, 0.05) is 29.6 Å². The number of aryl methyl sites for hydroxylation is 1. The predicted molar refractivity (Wildman–Crippen MR) is 141 cm³/mol. The molecular formula is C27H20IN3O5. The van der Waals surface area contributed by atoms with Crippen molar-refractivity contribution in [1.82, 2.24) is 13.9 Å². The number of para-hydroxylation sites is 1. The van der Waals surface area contributed by atoms with Crippen LogP contribution in [0.5, 0.6) is 5.75 Å². The zero-order valence-corrected chi connectivity index (χ0v) is 21.3. The first-order chi connectivity index (χ1) is 17.3. The van der Waals surface area contributed by atoms with Gasteiger partial charge in [-0.2, -0.15) is 0 Å². The van der Waals surface area contributed by atoms with Crippen LogP contribution < -0.4 is 11.4 Å². The van der Waals surface area contributed by atoms with E-state index in [1.165, 1.54) is 15.4 Å². The Balaban J connectivity index is 1.60. The molecule has 2 unspecified atom stereocenters. The van der Waals surface area contributed by atoms with Crippen molar-refractivity contribution in [2.24, 2.45) is 0 Å². The van der Waals surface area contributed by atoms with Crippen molar-refractivity contribution >= 4 is 34.2 Å². The van der Waals surface area contributed by atoms with Crippen molar-refractivity contribution in [2.45, 2.75) is 31.8 Å². The molecule has 2 aliphatic carbocycles. The number of allylic oxidation sites excluding steroid dienone is 6. The lowest BCUT2D eigenvalue weighted by molar-refractivity contribution is -0.115. The molecule has 0 saturated heterocycles. The third-order valence-electron chi connectivity index (χ3n) is 7.17. The molecule has 2 heterocycles. The fraction of sp³-hybridized carbons (Fsp3) is 0.185. The highest BCUT2D eigenvalue weighted by atomic mass is 127. The van der Waals surface area contributed by atoms with Gasteiger partial charge in [0.25, 0.3) is 0 Å². The number of hydrogen-bond donors (Lipinski definition) is 1. The lowest BCUT2D eigenvalue weighted by atomic mass is 9.68. The number of benzene rings is 2. The molecule has 0 radical (unpaired) electrons. The summed E-state index contributed by atoms with van der Waals surface area (Å²) in [4.78, 5) is 53.5. The van der Waals surface area contributed by atoms with Crippen molar-refractivity contribution in [3.63, 3.8) is 0 Å². The number of phenolic OH excluding ortho intramolecular Hbond substituents is 1. The van der Waals surface area contributed by atoms with Crippen LogP contribution in [0.1, 0.15) is 29.5 Å².